The molecule has 7 nitrogen and oxygen atoms in total. The van der Waals surface area contributed by atoms with Gasteiger partial charge in [-0.05, 0) is 12.8 Å². The Balaban J connectivity index is 0.000000342. The zero-order chi connectivity index (χ0) is 15.0. The van der Waals surface area contributed by atoms with Gasteiger partial charge in [0.25, 0.3) is 0 Å². The third-order valence-corrected chi connectivity index (χ3v) is 2.68. The molecular weight excluding hydrogens is 254 g/mol. The van der Waals surface area contributed by atoms with Gasteiger partial charge in [0.05, 0.1) is 6.10 Å². The Kier molecular flexibility index (Phi) is 8.29. The summed E-state index contributed by atoms with van der Waals surface area (Å²) in [4.78, 5) is 20.2. The standard InChI is InChI=1S/C6H13NO3.C6H10O3/c1-2-3-4(7)5(8)6(9)10;1-2-3-4-5(9-4)6(7)8/h4-5,8H,2-3,7H2,1H3,(H,9,10);4-5H,2-3H2,1H3,(H,7,8). The number of carboxylic acids is 2. The molecule has 7 heteroatoms. The third-order valence-electron chi connectivity index (χ3n) is 2.68. The van der Waals surface area contributed by atoms with Crippen LogP contribution < -0.4 is 5.73 Å². The molecule has 1 rings (SSSR count). The summed E-state index contributed by atoms with van der Waals surface area (Å²) >= 11 is 0. The molecule has 0 saturated carbocycles. The van der Waals surface area contributed by atoms with Crippen LogP contribution in [0.15, 0.2) is 0 Å². The predicted octanol–water partition coefficient (Wildman–Crippen LogP) is 0.198. The van der Waals surface area contributed by atoms with Crippen molar-refractivity contribution in [3.05, 3.63) is 0 Å². The molecule has 0 aromatic rings. The van der Waals surface area contributed by atoms with Crippen LogP contribution in [0.1, 0.15) is 39.5 Å². The van der Waals surface area contributed by atoms with Crippen molar-refractivity contribution in [2.45, 2.75) is 63.9 Å². The van der Waals surface area contributed by atoms with Gasteiger partial charge in [0.2, 0.25) is 0 Å². The van der Waals surface area contributed by atoms with Gasteiger partial charge in [-0.1, -0.05) is 26.7 Å². The van der Waals surface area contributed by atoms with Crippen molar-refractivity contribution in [3.63, 3.8) is 0 Å². The summed E-state index contributed by atoms with van der Waals surface area (Å²) < 4.78 is 4.82. The number of aliphatic hydroxyl groups excluding tert-OH is 1. The Morgan fingerprint density at radius 1 is 1.26 bits per heavy atom. The van der Waals surface area contributed by atoms with Crippen molar-refractivity contribution >= 4 is 11.9 Å². The van der Waals surface area contributed by atoms with Crippen molar-refractivity contribution in [1.82, 2.24) is 0 Å². The first kappa shape index (κ1) is 17.8. The van der Waals surface area contributed by atoms with E-state index in [1.54, 1.807) is 0 Å². The summed E-state index contributed by atoms with van der Waals surface area (Å²) in [5.74, 6) is -2.07. The summed E-state index contributed by atoms with van der Waals surface area (Å²) in [7, 11) is 0. The zero-order valence-electron chi connectivity index (χ0n) is 11.3. The normalized spacial score (nSPS) is 23.8. The lowest BCUT2D eigenvalue weighted by Gasteiger charge is -2.12. The molecule has 19 heavy (non-hydrogen) atoms. The average molecular weight is 277 g/mol. The first-order chi connectivity index (χ1) is 8.84. The van der Waals surface area contributed by atoms with Crippen molar-refractivity contribution < 1.29 is 29.6 Å². The monoisotopic (exact) mass is 277 g/mol. The van der Waals surface area contributed by atoms with Crippen LogP contribution in [-0.4, -0.2) is 51.6 Å². The summed E-state index contributed by atoms with van der Waals surface area (Å²) in [5, 5.41) is 25.4. The average Bonchev–Trinajstić information content (AvgIpc) is 3.09. The molecule has 0 bridgehead atoms. The highest BCUT2D eigenvalue weighted by Crippen LogP contribution is 2.26. The summed E-state index contributed by atoms with van der Waals surface area (Å²) in [6.45, 7) is 3.90. The van der Waals surface area contributed by atoms with Gasteiger partial charge in [0.15, 0.2) is 12.2 Å². The Morgan fingerprint density at radius 2 is 1.84 bits per heavy atom. The van der Waals surface area contributed by atoms with E-state index in [0.29, 0.717) is 6.42 Å². The first-order valence-electron chi connectivity index (χ1n) is 6.39. The molecular formula is C12H23NO6. The van der Waals surface area contributed by atoms with Gasteiger partial charge < -0.3 is 25.8 Å². The smallest absolute Gasteiger partial charge is 0.335 e. The lowest BCUT2D eigenvalue weighted by molar-refractivity contribution is -0.147. The number of rotatable bonds is 7. The number of epoxide rings is 1. The summed E-state index contributed by atoms with van der Waals surface area (Å²) in [6.07, 6.45) is 1.28. The number of aliphatic hydroxyl groups is 1. The Bertz CT molecular complexity index is 296. The minimum Gasteiger partial charge on any atom is -0.479 e. The number of hydrogen-bond donors (Lipinski definition) is 4. The number of nitrogens with two attached hydrogens (primary N) is 1. The number of carboxylic acid groups (broad SMARTS) is 2. The minimum absolute atomic E-state index is 0.00694. The molecule has 1 aliphatic rings. The summed E-state index contributed by atoms with van der Waals surface area (Å²) in [5.41, 5.74) is 5.30. The Morgan fingerprint density at radius 3 is 2.16 bits per heavy atom. The minimum atomic E-state index is -1.42. The molecule has 4 atom stereocenters. The predicted molar refractivity (Wildman–Crippen MR) is 67.7 cm³/mol. The SMILES string of the molecule is CCCC(N)C(O)C(=O)O.CCCC1OC1C(=O)O. The highest BCUT2D eigenvalue weighted by Gasteiger charge is 2.44. The van der Waals surface area contributed by atoms with Gasteiger partial charge in [-0.2, -0.15) is 0 Å². The molecule has 0 aromatic carbocycles. The van der Waals surface area contributed by atoms with Crippen LogP contribution in [0.2, 0.25) is 0 Å². The fourth-order valence-corrected chi connectivity index (χ4v) is 1.54. The fourth-order valence-electron chi connectivity index (χ4n) is 1.54. The maximum Gasteiger partial charge on any atom is 0.335 e. The molecule has 5 N–H and O–H groups in total. The fraction of sp³-hybridized carbons (Fsp3) is 0.833. The van der Waals surface area contributed by atoms with E-state index in [1.807, 2.05) is 13.8 Å². The van der Waals surface area contributed by atoms with Gasteiger partial charge >= 0.3 is 11.9 Å². The molecule has 0 aliphatic carbocycles. The van der Waals surface area contributed by atoms with E-state index in [4.69, 9.17) is 25.8 Å². The first-order valence-corrected chi connectivity index (χ1v) is 6.39. The largest absolute Gasteiger partial charge is 0.479 e. The summed E-state index contributed by atoms with van der Waals surface area (Å²) in [6, 6.07) is -0.637. The molecule has 1 saturated heterocycles. The molecule has 0 amide bonds. The lowest BCUT2D eigenvalue weighted by atomic mass is 10.1. The van der Waals surface area contributed by atoms with E-state index in [9.17, 15) is 9.59 Å². The quantitative estimate of drug-likeness (QED) is 0.488. The van der Waals surface area contributed by atoms with Crippen molar-refractivity contribution in [3.8, 4) is 0 Å². The van der Waals surface area contributed by atoms with E-state index >= 15 is 0 Å². The van der Waals surface area contributed by atoms with Gasteiger partial charge in [-0.15, -0.1) is 0 Å². The van der Waals surface area contributed by atoms with Crippen LogP contribution in [0.4, 0.5) is 0 Å². The van der Waals surface area contributed by atoms with Crippen LogP contribution in [0.5, 0.6) is 0 Å². The molecule has 0 spiro atoms. The van der Waals surface area contributed by atoms with Crippen LogP contribution in [0.3, 0.4) is 0 Å². The zero-order valence-corrected chi connectivity index (χ0v) is 11.3. The van der Waals surface area contributed by atoms with E-state index in [1.165, 1.54) is 0 Å². The molecule has 1 aliphatic heterocycles. The van der Waals surface area contributed by atoms with Crippen molar-refractivity contribution in [1.29, 1.82) is 0 Å². The second kappa shape index (κ2) is 8.84. The highest BCUT2D eigenvalue weighted by molar-refractivity contribution is 5.75. The Labute approximate surface area is 112 Å². The number of hydrogen-bond acceptors (Lipinski definition) is 5. The van der Waals surface area contributed by atoms with Gasteiger partial charge in [-0.25, -0.2) is 9.59 Å². The second-order valence-corrected chi connectivity index (χ2v) is 4.46. The topological polar surface area (TPSA) is 133 Å². The number of aliphatic carboxylic acids is 2. The van der Waals surface area contributed by atoms with Crippen LogP contribution >= 0.6 is 0 Å². The van der Waals surface area contributed by atoms with Crippen molar-refractivity contribution in [2.24, 2.45) is 5.73 Å². The molecule has 1 fully saturated rings. The van der Waals surface area contributed by atoms with Gasteiger partial charge in [0, 0.05) is 6.04 Å². The van der Waals surface area contributed by atoms with Gasteiger partial charge in [-0.3, -0.25) is 0 Å². The molecule has 0 radical (unpaired) electrons. The van der Waals surface area contributed by atoms with E-state index in [-0.39, 0.29) is 6.10 Å². The van der Waals surface area contributed by atoms with Crippen LogP contribution in [-0.2, 0) is 14.3 Å². The maximum atomic E-state index is 10.1. The van der Waals surface area contributed by atoms with E-state index < -0.39 is 30.2 Å². The molecule has 112 valence electrons. The van der Waals surface area contributed by atoms with E-state index in [2.05, 4.69) is 0 Å². The second-order valence-electron chi connectivity index (χ2n) is 4.46. The maximum absolute atomic E-state index is 10.1. The number of ether oxygens (including phenoxy) is 1. The molecule has 0 aromatic heterocycles. The van der Waals surface area contributed by atoms with E-state index in [0.717, 1.165) is 19.3 Å². The molecule has 4 unspecified atom stereocenters. The van der Waals surface area contributed by atoms with Crippen molar-refractivity contribution in [2.75, 3.05) is 0 Å². The van der Waals surface area contributed by atoms with Crippen LogP contribution in [0.25, 0.3) is 0 Å². The Hall–Kier alpha value is -1.18. The van der Waals surface area contributed by atoms with Gasteiger partial charge in [0.1, 0.15) is 0 Å². The lowest BCUT2D eigenvalue weighted by Crippen LogP contribution is -2.40. The molecule has 1 heterocycles. The van der Waals surface area contributed by atoms with Crippen LogP contribution in [0, 0.1) is 0 Å². The number of carbonyl (C=O) groups is 2. The third kappa shape index (κ3) is 7.09. The highest BCUT2D eigenvalue weighted by atomic mass is 16.6.